The molecule has 0 aliphatic carbocycles. The fourth-order valence-electron chi connectivity index (χ4n) is 10.0. The van der Waals surface area contributed by atoms with Gasteiger partial charge >= 0.3 is 35.8 Å². The Labute approximate surface area is 578 Å². The number of carbonyl (C=O) groups excluding carboxylic acids is 6. The van der Waals surface area contributed by atoms with E-state index in [1.54, 1.807) is 24.0 Å². The van der Waals surface area contributed by atoms with Gasteiger partial charge in [-0.15, -0.1) is 0 Å². The lowest BCUT2D eigenvalue weighted by Crippen LogP contribution is -2.47. The summed E-state index contributed by atoms with van der Waals surface area (Å²) in [7, 11) is 5.82. The van der Waals surface area contributed by atoms with Crippen LogP contribution in [0.5, 0.6) is 0 Å². The van der Waals surface area contributed by atoms with Crippen molar-refractivity contribution in [2.75, 3.05) is 158 Å². The summed E-state index contributed by atoms with van der Waals surface area (Å²) in [6, 6.07) is -1.94. The molecule has 94 heavy (non-hydrogen) atoms. The number of hydrogen-bond acceptors (Lipinski definition) is 22. The maximum atomic E-state index is 14.5. The first-order valence-electron chi connectivity index (χ1n) is 36.5. The molecule has 554 valence electrons. The van der Waals surface area contributed by atoms with Crippen molar-refractivity contribution in [2.24, 2.45) is 23.7 Å². The topological polar surface area (TPSA) is 220 Å². The summed E-state index contributed by atoms with van der Waals surface area (Å²) >= 11 is 0. The summed E-state index contributed by atoms with van der Waals surface area (Å²) in [4.78, 5) is 86.4. The Morgan fingerprint density at radius 2 is 0.606 bits per heavy atom. The number of rotatable bonds is 71. The van der Waals surface area contributed by atoms with E-state index in [-0.39, 0.29) is 128 Å². The van der Waals surface area contributed by atoms with E-state index in [9.17, 15) is 28.8 Å². The van der Waals surface area contributed by atoms with Gasteiger partial charge in [-0.2, -0.15) is 0 Å². The number of hydrogen-bond donors (Lipinski definition) is 0. The highest BCUT2D eigenvalue weighted by Crippen LogP contribution is 2.28. The summed E-state index contributed by atoms with van der Waals surface area (Å²) in [5, 5.41) is 0. The van der Waals surface area contributed by atoms with Crippen LogP contribution in [-0.2, 0) is 85.6 Å². The van der Waals surface area contributed by atoms with Gasteiger partial charge in [0.1, 0.15) is 25.3 Å². The van der Waals surface area contributed by atoms with Crippen molar-refractivity contribution in [1.82, 2.24) is 9.80 Å². The van der Waals surface area contributed by atoms with Crippen molar-refractivity contribution in [1.29, 1.82) is 0 Å². The molecular weight excluding hydrogens is 1240 g/mol. The highest BCUT2D eigenvalue weighted by Gasteiger charge is 2.32. The number of methoxy groups -OCH3 is 2. The van der Waals surface area contributed by atoms with Crippen LogP contribution in [0.1, 0.15) is 235 Å². The van der Waals surface area contributed by atoms with Gasteiger partial charge in [0.05, 0.1) is 118 Å². The van der Waals surface area contributed by atoms with Gasteiger partial charge in [0.25, 0.3) is 0 Å². The normalized spacial score (nSPS) is 13.0. The number of carbonyl (C=O) groups is 6. The summed E-state index contributed by atoms with van der Waals surface area (Å²) < 4.78 is 67.4. The molecule has 0 amide bonds. The first-order valence-corrected chi connectivity index (χ1v) is 39.0. The molecule has 0 radical (unpaired) electrons. The van der Waals surface area contributed by atoms with Crippen LogP contribution in [0.2, 0.25) is 0 Å². The molecule has 0 fully saturated rings. The Morgan fingerprint density at radius 3 is 0.936 bits per heavy atom. The molecule has 0 aromatic carbocycles. The molecule has 20 nitrogen and oxygen atoms in total. The van der Waals surface area contributed by atoms with Gasteiger partial charge in [0.15, 0.2) is 0 Å². The van der Waals surface area contributed by atoms with Gasteiger partial charge in [0.2, 0.25) is 0 Å². The molecular formula is C72H136N2O18S2. The van der Waals surface area contributed by atoms with Crippen LogP contribution in [0.25, 0.3) is 0 Å². The molecule has 0 saturated carbocycles. The summed E-state index contributed by atoms with van der Waals surface area (Å²) in [5.41, 5.74) is 0. The van der Waals surface area contributed by atoms with Crippen LogP contribution in [0.3, 0.4) is 0 Å². The molecule has 2 unspecified atom stereocenters. The number of unbranched alkanes of at least 4 members (excludes halogenated alkanes) is 16. The number of nitrogens with zero attached hydrogens (tertiary/aromatic N) is 2. The van der Waals surface area contributed by atoms with Crippen LogP contribution >= 0.6 is 21.6 Å². The van der Waals surface area contributed by atoms with E-state index in [2.05, 4.69) is 55.4 Å². The molecule has 0 bridgehead atoms. The molecule has 0 heterocycles. The third kappa shape index (κ3) is 59.3. The van der Waals surface area contributed by atoms with Crippen molar-refractivity contribution in [3.63, 3.8) is 0 Å². The Morgan fingerprint density at radius 1 is 0.319 bits per heavy atom. The molecule has 0 N–H and O–H groups in total. The van der Waals surface area contributed by atoms with Gasteiger partial charge in [0, 0.05) is 51.9 Å². The van der Waals surface area contributed by atoms with Gasteiger partial charge in [-0.05, 0) is 49.4 Å². The molecule has 0 saturated heterocycles. The van der Waals surface area contributed by atoms with E-state index in [0.29, 0.717) is 64.7 Å². The summed E-state index contributed by atoms with van der Waals surface area (Å²) in [5.74, 6) is -0.877. The Balaban J connectivity index is 6.92. The maximum absolute atomic E-state index is 14.5. The molecule has 0 spiro atoms. The smallest absolute Gasteiger partial charge is 0.324 e. The number of esters is 6. The Kier molecular flexibility index (Phi) is 65.4. The first-order chi connectivity index (χ1) is 45.6. The van der Waals surface area contributed by atoms with Crippen LogP contribution in [0.15, 0.2) is 0 Å². The minimum absolute atomic E-state index is 0.0407. The predicted octanol–water partition coefficient (Wildman–Crippen LogP) is 13.9. The zero-order valence-electron chi connectivity index (χ0n) is 60.9. The Bertz CT molecular complexity index is 1670. The fraction of sp³-hybridized carbons (Fsp3) is 0.917. The highest BCUT2D eigenvalue weighted by atomic mass is 33.1. The monoisotopic (exact) mass is 1380 g/mol. The molecule has 0 aliphatic heterocycles. The van der Waals surface area contributed by atoms with Crippen LogP contribution in [0, 0.1) is 23.7 Å². The quantitative estimate of drug-likeness (QED) is 0.0239. The standard InChI is InChI=1S/C72H136N2O18S2/c1-11-13-15-19-27-33-63(7)57-91-69(77)37-41-73(39-35-67(75)87-43-29-23-17-21-25-31-61(3)4)65(71(79)89-55-53-85-51-49-83-47-45-81-9)59-93-94-60-66(72(80)90-56-54-86-52-50-84-48-46-82-10)74(40-36-68(76)88-44-30-24-18-22-26-32-62(5)6)42-38-70(78)92-58-64(8)34-28-20-16-14-12-2/h61-66H,11-60H2,1-10H3/t63?,64?,65-,66-/m0/s1. The van der Waals surface area contributed by atoms with E-state index in [4.69, 9.17) is 56.8 Å². The van der Waals surface area contributed by atoms with Crippen LogP contribution in [0.4, 0.5) is 0 Å². The van der Waals surface area contributed by atoms with Crippen molar-refractivity contribution in [2.45, 2.75) is 247 Å². The molecule has 0 aromatic rings. The zero-order chi connectivity index (χ0) is 69.3. The van der Waals surface area contributed by atoms with E-state index >= 15 is 0 Å². The van der Waals surface area contributed by atoms with Crippen molar-refractivity contribution >= 4 is 57.4 Å². The second kappa shape index (κ2) is 67.4. The lowest BCUT2D eigenvalue weighted by molar-refractivity contribution is -0.153. The zero-order valence-corrected chi connectivity index (χ0v) is 62.5. The average Bonchev–Trinajstić information content (AvgIpc) is 1.59. The van der Waals surface area contributed by atoms with Crippen molar-refractivity contribution < 1.29 is 85.6 Å². The first kappa shape index (κ1) is 91.2. The minimum atomic E-state index is -0.969. The summed E-state index contributed by atoms with van der Waals surface area (Å²) in [6.45, 7) is 22.0. The van der Waals surface area contributed by atoms with Gasteiger partial charge in [-0.25, -0.2) is 0 Å². The molecule has 0 aromatic heterocycles. The van der Waals surface area contributed by atoms with E-state index in [0.717, 1.165) is 89.9 Å². The molecule has 0 rings (SSSR count). The minimum Gasteiger partial charge on any atom is -0.466 e. The predicted molar refractivity (Wildman–Crippen MR) is 377 cm³/mol. The van der Waals surface area contributed by atoms with E-state index in [1.807, 2.05) is 0 Å². The second-order valence-electron chi connectivity index (χ2n) is 25.8. The lowest BCUT2D eigenvalue weighted by atomic mass is 10.0. The SMILES string of the molecule is CCCCCCCC(C)COC(=O)CCN(CCC(=O)OCCCCCCCC(C)C)[C@@H](CSSC[C@@H](C(=O)OCCOCCOCCOC)N(CCC(=O)OCCCCCCCC(C)C)CCC(=O)OCC(C)CCCCCCC)C(=O)OCCOCCOCCOC. The van der Waals surface area contributed by atoms with Crippen LogP contribution < -0.4 is 0 Å². The number of ether oxygens (including phenoxy) is 12. The summed E-state index contributed by atoms with van der Waals surface area (Å²) in [6.07, 6.45) is 25.8. The molecule has 4 atom stereocenters. The van der Waals surface area contributed by atoms with Crippen molar-refractivity contribution in [3.05, 3.63) is 0 Å². The van der Waals surface area contributed by atoms with Gasteiger partial charge in [-0.3, -0.25) is 38.6 Å². The third-order valence-corrected chi connectivity index (χ3v) is 18.3. The second-order valence-corrected chi connectivity index (χ2v) is 28.3. The third-order valence-electron chi connectivity index (χ3n) is 16.0. The Hall–Kier alpha value is -2.80. The van der Waals surface area contributed by atoms with Crippen molar-refractivity contribution in [3.8, 4) is 0 Å². The fourth-order valence-corrected chi connectivity index (χ4v) is 12.5. The van der Waals surface area contributed by atoms with E-state index < -0.39 is 47.9 Å². The largest absolute Gasteiger partial charge is 0.466 e. The molecule has 22 heteroatoms. The van der Waals surface area contributed by atoms with E-state index in [1.165, 1.54) is 85.8 Å². The van der Waals surface area contributed by atoms with Crippen LogP contribution in [-0.4, -0.2) is 215 Å². The highest BCUT2D eigenvalue weighted by molar-refractivity contribution is 8.76. The average molecular weight is 1380 g/mol. The van der Waals surface area contributed by atoms with Gasteiger partial charge < -0.3 is 56.8 Å². The van der Waals surface area contributed by atoms with Gasteiger partial charge in [-0.1, -0.05) is 205 Å². The molecule has 0 aliphatic rings. The maximum Gasteiger partial charge on any atom is 0.324 e. The lowest BCUT2D eigenvalue weighted by Gasteiger charge is -2.31.